The lowest BCUT2D eigenvalue weighted by molar-refractivity contribution is 0.628. The van der Waals surface area contributed by atoms with E-state index in [0.717, 1.165) is 22.0 Å². The first-order valence-corrected chi connectivity index (χ1v) is 9.67. The Bertz CT molecular complexity index is 1230. The van der Waals surface area contributed by atoms with E-state index in [9.17, 15) is 9.65 Å². The molecule has 0 aliphatic heterocycles. The Morgan fingerprint density at radius 1 is 1.14 bits per heavy atom. The van der Waals surface area contributed by atoms with Gasteiger partial charge in [0.2, 0.25) is 0 Å². The van der Waals surface area contributed by atoms with Crippen LogP contribution >= 0.6 is 22.9 Å². The summed E-state index contributed by atoms with van der Waals surface area (Å²) in [6.07, 6.45) is 1.55. The van der Waals surface area contributed by atoms with Crippen LogP contribution in [0.25, 0.3) is 27.6 Å². The number of nitriles is 1. The molecule has 0 aliphatic rings. The fraction of sp³-hybridized carbons (Fsp3) is 0. The number of aromatic nitrogens is 1. The highest BCUT2D eigenvalue weighted by Gasteiger charge is 2.11. The smallest absolute Gasteiger partial charge is 0.141 e. The van der Waals surface area contributed by atoms with Crippen molar-refractivity contribution in [3.63, 3.8) is 0 Å². The summed E-state index contributed by atoms with van der Waals surface area (Å²) in [5.41, 5.74) is 2.82. The second kappa shape index (κ2) is 7.81. The van der Waals surface area contributed by atoms with Gasteiger partial charge in [0.25, 0.3) is 0 Å². The summed E-state index contributed by atoms with van der Waals surface area (Å²) in [4.78, 5) is 4.65. The van der Waals surface area contributed by atoms with Crippen molar-refractivity contribution in [3.05, 3.63) is 88.1 Å². The minimum atomic E-state index is -0.489. The molecule has 4 aromatic rings. The van der Waals surface area contributed by atoms with Gasteiger partial charge in [0.15, 0.2) is 0 Å². The lowest BCUT2D eigenvalue weighted by Gasteiger charge is -2.04. The van der Waals surface area contributed by atoms with E-state index in [1.165, 1.54) is 23.5 Å². The van der Waals surface area contributed by atoms with Crippen molar-refractivity contribution in [3.8, 4) is 17.3 Å². The van der Waals surface area contributed by atoms with Gasteiger partial charge in [-0.05, 0) is 29.0 Å². The Labute approximate surface area is 170 Å². The highest BCUT2D eigenvalue weighted by molar-refractivity contribution is 7.11. The average molecular weight is 406 g/mol. The van der Waals surface area contributed by atoms with Crippen LogP contribution in [0.3, 0.4) is 0 Å². The largest absolute Gasteiger partial charge is 0.360 e. The van der Waals surface area contributed by atoms with E-state index in [-0.39, 0.29) is 5.02 Å². The lowest BCUT2D eigenvalue weighted by Crippen LogP contribution is -1.92. The summed E-state index contributed by atoms with van der Waals surface area (Å²) in [6.45, 7) is 0. The molecule has 0 radical (unpaired) electrons. The van der Waals surface area contributed by atoms with E-state index in [4.69, 9.17) is 11.6 Å². The van der Waals surface area contributed by atoms with Gasteiger partial charge in [0.1, 0.15) is 22.5 Å². The highest BCUT2D eigenvalue weighted by atomic mass is 35.5. The molecule has 6 heteroatoms. The van der Waals surface area contributed by atoms with E-state index in [0.29, 0.717) is 16.3 Å². The van der Waals surface area contributed by atoms with Crippen LogP contribution in [-0.4, -0.2) is 4.98 Å². The second-order valence-electron chi connectivity index (χ2n) is 6.01. The van der Waals surface area contributed by atoms with Crippen LogP contribution in [0, 0.1) is 17.1 Å². The van der Waals surface area contributed by atoms with Crippen LogP contribution in [0.15, 0.2) is 72.2 Å². The van der Waals surface area contributed by atoms with Crippen LogP contribution in [-0.2, 0) is 0 Å². The fourth-order valence-electron chi connectivity index (χ4n) is 2.85. The molecule has 0 spiro atoms. The number of fused-ring (bicyclic) bond motifs is 1. The predicted octanol–water partition coefficient (Wildman–Crippen LogP) is 6.73. The normalized spacial score (nSPS) is 11.4. The molecule has 0 fully saturated rings. The molecule has 3 nitrogen and oxygen atoms in total. The number of hydrogen-bond donors (Lipinski definition) is 1. The molecule has 1 aromatic heterocycles. The van der Waals surface area contributed by atoms with E-state index in [1.54, 1.807) is 12.3 Å². The number of halogens is 2. The van der Waals surface area contributed by atoms with Crippen LogP contribution in [0.1, 0.15) is 5.01 Å². The zero-order chi connectivity index (χ0) is 19.5. The number of rotatable bonds is 4. The molecule has 28 heavy (non-hydrogen) atoms. The van der Waals surface area contributed by atoms with E-state index in [1.807, 2.05) is 29.6 Å². The molecule has 0 aliphatic carbocycles. The van der Waals surface area contributed by atoms with Crippen LogP contribution in [0.5, 0.6) is 0 Å². The van der Waals surface area contributed by atoms with Crippen molar-refractivity contribution in [1.29, 1.82) is 5.26 Å². The molecule has 3 aromatic carbocycles. The lowest BCUT2D eigenvalue weighted by atomic mass is 10.0. The minimum Gasteiger partial charge on any atom is -0.360 e. The Morgan fingerprint density at radius 2 is 1.96 bits per heavy atom. The minimum absolute atomic E-state index is 0.0180. The van der Waals surface area contributed by atoms with E-state index >= 15 is 0 Å². The van der Waals surface area contributed by atoms with Gasteiger partial charge in [-0.3, -0.25) is 0 Å². The maximum absolute atomic E-state index is 13.3. The van der Waals surface area contributed by atoms with Crippen LogP contribution in [0.2, 0.25) is 5.02 Å². The predicted molar refractivity (Wildman–Crippen MR) is 114 cm³/mol. The van der Waals surface area contributed by atoms with Gasteiger partial charge >= 0.3 is 0 Å². The molecule has 0 saturated heterocycles. The monoisotopic (exact) mass is 405 g/mol. The van der Waals surface area contributed by atoms with Gasteiger partial charge in [-0.15, -0.1) is 11.3 Å². The average Bonchev–Trinajstić information content (AvgIpc) is 3.20. The third-order valence-corrected chi connectivity index (χ3v) is 5.39. The number of nitrogens with one attached hydrogen (secondary N) is 1. The van der Waals surface area contributed by atoms with Crippen LogP contribution in [0.4, 0.5) is 10.1 Å². The summed E-state index contributed by atoms with van der Waals surface area (Å²) in [5, 5.41) is 17.3. The molecule has 0 atom stereocenters. The van der Waals surface area contributed by atoms with Crippen molar-refractivity contribution in [2.24, 2.45) is 0 Å². The molecule has 0 amide bonds. The summed E-state index contributed by atoms with van der Waals surface area (Å²) in [7, 11) is 0. The Morgan fingerprint density at radius 3 is 2.79 bits per heavy atom. The quantitative estimate of drug-likeness (QED) is 0.383. The van der Waals surface area contributed by atoms with E-state index < -0.39 is 5.82 Å². The first-order chi connectivity index (χ1) is 13.7. The molecule has 1 heterocycles. The zero-order valence-electron chi connectivity index (χ0n) is 14.5. The third-order valence-electron chi connectivity index (χ3n) is 4.22. The molecule has 136 valence electrons. The molecular weight excluding hydrogens is 393 g/mol. The standard InChI is InChI=1S/C22H13ClFN3S/c23-19-10-16(8-9-20(19)24)26-12-15(11-25)22-27-21(13-28-22)18-7-3-5-14-4-1-2-6-17(14)18/h1-10,12-13,26H. The molecule has 0 unspecified atom stereocenters. The maximum atomic E-state index is 13.3. The summed E-state index contributed by atoms with van der Waals surface area (Å²) in [6, 6.07) is 20.6. The SMILES string of the molecule is N#CC(=CNc1ccc(F)c(Cl)c1)c1nc(-c2cccc3ccccc23)cs1. The van der Waals surface area contributed by atoms with Crippen molar-refractivity contribution in [2.45, 2.75) is 0 Å². The van der Waals surface area contributed by atoms with Gasteiger partial charge in [0, 0.05) is 22.8 Å². The number of benzene rings is 3. The summed E-state index contributed by atoms with van der Waals surface area (Å²) < 4.78 is 13.3. The first-order valence-electron chi connectivity index (χ1n) is 8.41. The molecule has 0 saturated carbocycles. The van der Waals surface area contributed by atoms with Crippen molar-refractivity contribution in [1.82, 2.24) is 4.98 Å². The van der Waals surface area contributed by atoms with Gasteiger partial charge < -0.3 is 5.32 Å². The molecule has 4 rings (SSSR count). The van der Waals surface area contributed by atoms with Gasteiger partial charge in [0.05, 0.1) is 10.7 Å². The van der Waals surface area contributed by atoms with Gasteiger partial charge in [-0.2, -0.15) is 5.26 Å². The summed E-state index contributed by atoms with van der Waals surface area (Å²) >= 11 is 7.19. The molecule has 1 N–H and O–H groups in total. The number of hydrogen-bond acceptors (Lipinski definition) is 4. The van der Waals surface area contributed by atoms with Gasteiger partial charge in [-0.25, -0.2) is 9.37 Å². The number of thiazole rings is 1. The van der Waals surface area contributed by atoms with E-state index in [2.05, 4.69) is 34.6 Å². The molecule has 0 bridgehead atoms. The number of anilines is 1. The molecular formula is C22H13ClFN3S. The number of nitrogens with zero attached hydrogens (tertiary/aromatic N) is 2. The maximum Gasteiger partial charge on any atom is 0.141 e. The van der Waals surface area contributed by atoms with Crippen molar-refractivity contribution in [2.75, 3.05) is 5.32 Å². The fourth-order valence-corrected chi connectivity index (χ4v) is 3.82. The Kier molecular flexibility index (Phi) is 5.07. The summed E-state index contributed by atoms with van der Waals surface area (Å²) in [5.74, 6) is -0.489. The van der Waals surface area contributed by atoms with Crippen molar-refractivity contribution >= 4 is 45.0 Å². The Balaban J connectivity index is 1.65. The van der Waals surface area contributed by atoms with Crippen molar-refractivity contribution < 1.29 is 4.39 Å². The Hall–Kier alpha value is -3.20. The first kappa shape index (κ1) is 18.2. The third kappa shape index (κ3) is 3.61. The topological polar surface area (TPSA) is 48.7 Å². The number of allylic oxidation sites excluding steroid dienone is 1. The van der Waals surface area contributed by atoms with Gasteiger partial charge in [-0.1, -0.05) is 54.1 Å². The zero-order valence-corrected chi connectivity index (χ0v) is 16.1. The second-order valence-corrected chi connectivity index (χ2v) is 7.27. The highest BCUT2D eigenvalue weighted by Crippen LogP contribution is 2.31. The van der Waals surface area contributed by atoms with Crippen LogP contribution < -0.4 is 5.32 Å².